The molecule has 0 amide bonds. The minimum atomic E-state index is -0.231. The Hall–Kier alpha value is -2.64. The average molecular weight is 441 g/mol. The summed E-state index contributed by atoms with van der Waals surface area (Å²) < 4.78 is 19.0. The van der Waals surface area contributed by atoms with Crippen molar-refractivity contribution in [2.75, 3.05) is 39.9 Å². The van der Waals surface area contributed by atoms with Crippen LogP contribution in [-0.4, -0.2) is 55.9 Å². The molecule has 0 bridgehead atoms. The lowest BCUT2D eigenvalue weighted by Crippen LogP contribution is -2.46. The Morgan fingerprint density at radius 2 is 1.84 bits per heavy atom. The van der Waals surface area contributed by atoms with E-state index in [2.05, 4.69) is 26.6 Å². The Bertz CT molecular complexity index is 926. The summed E-state index contributed by atoms with van der Waals surface area (Å²) >= 11 is 0. The van der Waals surface area contributed by atoms with Crippen LogP contribution in [0.3, 0.4) is 0 Å². The number of halogens is 1. The smallest absolute Gasteiger partial charge is 0.191 e. The highest BCUT2D eigenvalue weighted by Gasteiger charge is 2.23. The lowest BCUT2D eigenvalue weighted by Gasteiger charge is -2.35. The molecule has 0 spiro atoms. The van der Waals surface area contributed by atoms with E-state index >= 15 is 0 Å². The minimum Gasteiger partial charge on any atom is -0.508 e. The lowest BCUT2D eigenvalue weighted by molar-refractivity contribution is 0.0170. The Morgan fingerprint density at radius 3 is 2.59 bits per heavy atom. The van der Waals surface area contributed by atoms with Gasteiger partial charge in [-0.25, -0.2) is 4.39 Å². The number of ether oxygens (including phenoxy) is 1. The summed E-state index contributed by atoms with van der Waals surface area (Å²) in [5.41, 5.74) is 4.65. The Labute approximate surface area is 189 Å². The van der Waals surface area contributed by atoms with Gasteiger partial charge in [0.1, 0.15) is 11.6 Å². The van der Waals surface area contributed by atoms with Crippen LogP contribution in [-0.2, 0) is 24.1 Å². The fourth-order valence-electron chi connectivity index (χ4n) is 4.71. The van der Waals surface area contributed by atoms with Crippen molar-refractivity contribution in [2.24, 2.45) is 4.99 Å². The van der Waals surface area contributed by atoms with E-state index in [0.717, 1.165) is 43.5 Å². The van der Waals surface area contributed by atoms with Crippen LogP contribution in [0.5, 0.6) is 5.75 Å². The molecule has 172 valence electrons. The van der Waals surface area contributed by atoms with E-state index in [9.17, 15) is 9.50 Å². The summed E-state index contributed by atoms with van der Waals surface area (Å²) in [5.74, 6) is 0.787. The number of benzene rings is 2. The van der Waals surface area contributed by atoms with Crippen molar-refractivity contribution in [3.05, 3.63) is 64.5 Å². The topological polar surface area (TPSA) is 69.1 Å². The summed E-state index contributed by atoms with van der Waals surface area (Å²) in [4.78, 5) is 6.74. The molecule has 6 nitrogen and oxygen atoms in total. The van der Waals surface area contributed by atoms with Crippen molar-refractivity contribution in [1.82, 2.24) is 15.5 Å². The van der Waals surface area contributed by atoms with Gasteiger partial charge in [0.15, 0.2) is 5.96 Å². The molecule has 2 aromatic rings. The highest BCUT2D eigenvalue weighted by molar-refractivity contribution is 5.79. The molecule has 2 aliphatic rings. The van der Waals surface area contributed by atoms with Crippen LogP contribution >= 0.6 is 0 Å². The summed E-state index contributed by atoms with van der Waals surface area (Å²) in [5, 5.41) is 17.3. The number of aliphatic imine (C=N–C) groups is 1. The zero-order valence-corrected chi connectivity index (χ0v) is 18.7. The molecule has 0 radical (unpaired) electrons. The first-order valence-electron chi connectivity index (χ1n) is 11.5. The maximum atomic E-state index is 13.5. The number of fused-ring (bicyclic) bond motifs is 1. The molecular weight excluding hydrogens is 407 g/mol. The lowest BCUT2D eigenvalue weighted by atomic mass is 9.88. The van der Waals surface area contributed by atoms with E-state index in [-0.39, 0.29) is 11.9 Å². The predicted octanol–water partition coefficient (Wildman–Crippen LogP) is 3.15. The molecule has 1 heterocycles. The summed E-state index contributed by atoms with van der Waals surface area (Å²) in [6, 6.07) is 10.7. The molecule has 0 saturated carbocycles. The molecule has 1 unspecified atom stereocenters. The second-order valence-electron chi connectivity index (χ2n) is 8.43. The van der Waals surface area contributed by atoms with Gasteiger partial charge in [0.25, 0.3) is 0 Å². The predicted molar refractivity (Wildman–Crippen MR) is 124 cm³/mol. The van der Waals surface area contributed by atoms with Gasteiger partial charge in [-0.05, 0) is 60.6 Å². The second kappa shape index (κ2) is 10.8. The zero-order chi connectivity index (χ0) is 22.3. The maximum Gasteiger partial charge on any atom is 0.191 e. The van der Waals surface area contributed by atoms with Crippen LogP contribution in [0.2, 0.25) is 0 Å². The van der Waals surface area contributed by atoms with Crippen LogP contribution in [0.1, 0.15) is 41.1 Å². The van der Waals surface area contributed by atoms with E-state index in [4.69, 9.17) is 4.74 Å². The Kier molecular flexibility index (Phi) is 7.60. The third-order valence-electron chi connectivity index (χ3n) is 6.49. The molecule has 7 heteroatoms. The number of phenolic OH excluding ortho intramolecular Hbond substituents is 1. The van der Waals surface area contributed by atoms with Gasteiger partial charge in [-0.2, -0.15) is 0 Å². The molecule has 32 heavy (non-hydrogen) atoms. The number of phenols is 1. The highest BCUT2D eigenvalue weighted by Crippen LogP contribution is 2.30. The molecule has 1 aliphatic carbocycles. The first-order chi connectivity index (χ1) is 15.7. The van der Waals surface area contributed by atoms with E-state index in [0.29, 0.717) is 38.0 Å². The number of rotatable bonds is 6. The van der Waals surface area contributed by atoms with Crippen LogP contribution in [0.15, 0.2) is 41.4 Å². The highest BCUT2D eigenvalue weighted by atomic mass is 19.1. The van der Waals surface area contributed by atoms with Gasteiger partial charge in [0, 0.05) is 38.8 Å². The Morgan fingerprint density at radius 1 is 1.09 bits per heavy atom. The van der Waals surface area contributed by atoms with Gasteiger partial charge in [0.2, 0.25) is 0 Å². The van der Waals surface area contributed by atoms with Crippen LogP contribution in [0, 0.1) is 5.82 Å². The largest absolute Gasteiger partial charge is 0.508 e. The molecule has 3 N–H and O–H groups in total. The molecule has 1 fully saturated rings. The summed E-state index contributed by atoms with van der Waals surface area (Å²) in [6.07, 6.45) is 4.46. The minimum absolute atomic E-state index is 0.0796. The van der Waals surface area contributed by atoms with Crippen molar-refractivity contribution in [3.63, 3.8) is 0 Å². The van der Waals surface area contributed by atoms with E-state index in [1.807, 2.05) is 12.1 Å². The number of aromatic hydroxyl groups is 1. The van der Waals surface area contributed by atoms with E-state index in [1.165, 1.54) is 29.7 Å². The van der Waals surface area contributed by atoms with E-state index in [1.54, 1.807) is 13.1 Å². The molecule has 1 saturated heterocycles. The van der Waals surface area contributed by atoms with E-state index < -0.39 is 0 Å². The number of hydrogen-bond acceptors (Lipinski definition) is 4. The van der Waals surface area contributed by atoms with Crippen LogP contribution in [0.25, 0.3) is 0 Å². The van der Waals surface area contributed by atoms with Gasteiger partial charge < -0.3 is 20.5 Å². The van der Waals surface area contributed by atoms with Crippen molar-refractivity contribution >= 4 is 5.96 Å². The number of guanidine groups is 1. The number of morpholine rings is 1. The van der Waals surface area contributed by atoms with Gasteiger partial charge in [0.05, 0.1) is 19.3 Å². The quantitative estimate of drug-likeness (QED) is 0.476. The van der Waals surface area contributed by atoms with Gasteiger partial charge in [-0.15, -0.1) is 0 Å². The van der Waals surface area contributed by atoms with Crippen LogP contribution in [0.4, 0.5) is 4.39 Å². The number of hydrogen-bond donors (Lipinski definition) is 3. The summed E-state index contributed by atoms with van der Waals surface area (Å²) in [7, 11) is 1.75. The zero-order valence-electron chi connectivity index (χ0n) is 18.7. The third kappa shape index (κ3) is 5.40. The van der Waals surface area contributed by atoms with Gasteiger partial charge >= 0.3 is 0 Å². The first-order valence-corrected chi connectivity index (χ1v) is 11.5. The average Bonchev–Trinajstić information content (AvgIpc) is 2.84. The summed E-state index contributed by atoms with van der Waals surface area (Å²) in [6.45, 7) is 4.21. The molecule has 1 atom stereocenters. The van der Waals surface area contributed by atoms with Crippen LogP contribution < -0.4 is 10.6 Å². The standard InChI is InChI=1S/C25H33FN4O2/c1-27-25(28-16-22-21-5-3-2-4-18(21)8-11-24(22)31)29-17-23(30-12-14-32-15-13-30)19-6-9-20(26)10-7-19/h6-11,23,31H,2-5,12-17H2,1H3,(H2,27,28,29). The molecule has 0 aromatic heterocycles. The number of nitrogens with zero attached hydrogens (tertiary/aromatic N) is 2. The fourth-order valence-corrected chi connectivity index (χ4v) is 4.71. The molecule has 4 rings (SSSR count). The van der Waals surface area contributed by atoms with Crippen molar-refractivity contribution < 1.29 is 14.2 Å². The second-order valence-corrected chi connectivity index (χ2v) is 8.43. The number of aryl methyl sites for hydroxylation is 1. The van der Waals surface area contributed by atoms with Crippen molar-refractivity contribution in [3.8, 4) is 5.75 Å². The SMILES string of the molecule is CN=C(NCc1c(O)ccc2c1CCCC2)NCC(c1ccc(F)cc1)N1CCOCC1. The number of nitrogens with one attached hydrogen (secondary N) is 2. The monoisotopic (exact) mass is 440 g/mol. The van der Waals surface area contributed by atoms with Crippen molar-refractivity contribution in [1.29, 1.82) is 0 Å². The maximum absolute atomic E-state index is 13.5. The normalized spacial score (nSPS) is 18.1. The fraction of sp³-hybridized carbons (Fsp3) is 0.480. The van der Waals surface area contributed by atoms with Gasteiger partial charge in [-0.1, -0.05) is 18.2 Å². The molecular formula is C25H33FN4O2. The molecule has 1 aliphatic heterocycles. The Balaban J connectivity index is 1.43. The molecule has 2 aromatic carbocycles. The third-order valence-corrected chi connectivity index (χ3v) is 6.49. The first kappa shape index (κ1) is 22.6. The van der Waals surface area contributed by atoms with Crippen molar-refractivity contribution in [2.45, 2.75) is 38.3 Å². The van der Waals surface area contributed by atoms with Gasteiger partial charge in [-0.3, -0.25) is 9.89 Å².